The molecule has 0 radical (unpaired) electrons. The molecule has 0 saturated heterocycles. The highest BCUT2D eigenvalue weighted by atomic mass is 16.5. The summed E-state index contributed by atoms with van der Waals surface area (Å²) in [5.74, 6) is 0.493. The van der Waals surface area contributed by atoms with Gasteiger partial charge >= 0.3 is 5.69 Å². The number of carbonyl (C=O) groups excluding carboxylic acids is 1. The molecule has 0 saturated carbocycles. The van der Waals surface area contributed by atoms with Gasteiger partial charge in [0.25, 0.3) is 5.56 Å². The van der Waals surface area contributed by atoms with E-state index in [1.54, 1.807) is 25.3 Å². The van der Waals surface area contributed by atoms with Crippen molar-refractivity contribution in [1.82, 2.24) is 9.55 Å². The van der Waals surface area contributed by atoms with Crippen LogP contribution in [-0.2, 0) is 17.8 Å². The van der Waals surface area contributed by atoms with E-state index < -0.39 is 11.2 Å². The predicted octanol–water partition coefficient (Wildman–Crippen LogP) is 2.16. The van der Waals surface area contributed by atoms with Crippen LogP contribution in [0, 0.1) is 5.92 Å². The molecule has 0 bridgehead atoms. The molecular formula is C21H30N4O4. The first-order valence-corrected chi connectivity index (χ1v) is 9.84. The number of nitrogens with zero attached hydrogens (tertiary/aromatic N) is 2. The lowest BCUT2D eigenvalue weighted by atomic mass is 10.1. The van der Waals surface area contributed by atoms with Crippen molar-refractivity contribution in [2.24, 2.45) is 5.92 Å². The average Bonchev–Trinajstić information content (AvgIpc) is 2.66. The molecule has 0 unspecified atom stereocenters. The Morgan fingerprint density at radius 3 is 2.66 bits per heavy atom. The first-order valence-electron chi connectivity index (χ1n) is 9.84. The van der Waals surface area contributed by atoms with Crippen LogP contribution in [0.2, 0.25) is 0 Å². The summed E-state index contributed by atoms with van der Waals surface area (Å²) < 4.78 is 6.54. The van der Waals surface area contributed by atoms with E-state index in [-0.39, 0.29) is 29.8 Å². The molecule has 158 valence electrons. The summed E-state index contributed by atoms with van der Waals surface area (Å²) >= 11 is 0. The van der Waals surface area contributed by atoms with E-state index in [0.717, 1.165) is 18.4 Å². The molecule has 0 spiro atoms. The number of hydrogen-bond acceptors (Lipinski definition) is 5. The lowest BCUT2D eigenvalue weighted by Gasteiger charge is -2.26. The van der Waals surface area contributed by atoms with Crippen molar-refractivity contribution in [2.75, 3.05) is 24.3 Å². The summed E-state index contributed by atoms with van der Waals surface area (Å²) in [7, 11) is 1.56. The summed E-state index contributed by atoms with van der Waals surface area (Å²) in [5.41, 5.74) is 5.79. The number of nitrogens with two attached hydrogens (primary N) is 1. The lowest BCUT2D eigenvalue weighted by Crippen LogP contribution is -2.43. The number of H-pyrrole nitrogens is 1. The highest BCUT2D eigenvalue weighted by Crippen LogP contribution is 2.21. The topological polar surface area (TPSA) is 110 Å². The predicted molar refractivity (Wildman–Crippen MR) is 115 cm³/mol. The number of carbonyl (C=O) groups is 1. The van der Waals surface area contributed by atoms with Crippen LogP contribution in [0.4, 0.5) is 11.5 Å². The van der Waals surface area contributed by atoms with Gasteiger partial charge in [0.1, 0.15) is 11.6 Å². The molecule has 3 N–H and O–H groups in total. The summed E-state index contributed by atoms with van der Waals surface area (Å²) in [6.45, 7) is 6.58. The summed E-state index contributed by atoms with van der Waals surface area (Å²) in [6.07, 6.45) is 1.68. The Kier molecular flexibility index (Phi) is 7.64. The van der Waals surface area contributed by atoms with Crippen LogP contribution < -0.4 is 26.6 Å². The van der Waals surface area contributed by atoms with Gasteiger partial charge in [-0.25, -0.2) is 4.79 Å². The SMILES string of the molecule is CCCCn1c(N)c(N(CC(C)C)C(=O)Cc2cccc(OC)c2)c(=O)[nH]c1=O. The largest absolute Gasteiger partial charge is 0.497 e. The molecule has 2 rings (SSSR count). The molecule has 0 aliphatic heterocycles. The van der Waals surface area contributed by atoms with Crippen molar-refractivity contribution in [3.63, 3.8) is 0 Å². The minimum Gasteiger partial charge on any atom is -0.497 e. The van der Waals surface area contributed by atoms with Gasteiger partial charge in [0.2, 0.25) is 5.91 Å². The Hall–Kier alpha value is -3.03. The van der Waals surface area contributed by atoms with Gasteiger partial charge in [-0.15, -0.1) is 0 Å². The van der Waals surface area contributed by atoms with Gasteiger partial charge in [0.05, 0.1) is 13.5 Å². The first kappa shape index (κ1) is 22.3. The van der Waals surface area contributed by atoms with Gasteiger partial charge in [0.15, 0.2) is 5.69 Å². The van der Waals surface area contributed by atoms with Crippen molar-refractivity contribution in [2.45, 2.75) is 46.6 Å². The second-order valence-corrected chi connectivity index (χ2v) is 7.42. The first-order chi connectivity index (χ1) is 13.8. The normalized spacial score (nSPS) is 10.9. The third-order valence-electron chi connectivity index (χ3n) is 4.56. The van der Waals surface area contributed by atoms with Gasteiger partial charge < -0.3 is 15.4 Å². The van der Waals surface area contributed by atoms with Crippen LogP contribution in [0.1, 0.15) is 39.2 Å². The van der Waals surface area contributed by atoms with E-state index in [1.165, 1.54) is 9.47 Å². The second kappa shape index (κ2) is 9.95. The van der Waals surface area contributed by atoms with E-state index in [4.69, 9.17) is 10.5 Å². The fourth-order valence-corrected chi connectivity index (χ4v) is 3.11. The smallest absolute Gasteiger partial charge is 0.330 e. The number of rotatable bonds is 9. The molecule has 1 amide bonds. The van der Waals surface area contributed by atoms with Crippen molar-refractivity contribution < 1.29 is 9.53 Å². The van der Waals surface area contributed by atoms with Gasteiger partial charge in [-0.05, 0) is 30.0 Å². The number of methoxy groups -OCH3 is 1. The summed E-state index contributed by atoms with van der Waals surface area (Å²) in [5, 5.41) is 0. The number of nitrogens with one attached hydrogen (secondary N) is 1. The Morgan fingerprint density at radius 1 is 1.31 bits per heavy atom. The number of ether oxygens (including phenoxy) is 1. The van der Waals surface area contributed by atoms with E-state index in [2.05, 4.69) is 4.98 Å². The molecule has 0 aliphatic carbocycles. The van der Waals surface area contributed by atoms with Gasteiger partial charge in [-0.3, -0.25) is 19.1 Å². The maximum atomic E-state index is 13.2. The number of aromatic nitrogens is 2. The molecule has 1 aromatic heterocycles. The number of anilines is 2. The summed E-state index contributed by atoms with van der Waals surface area (Å²) in [6, 6.07) is 7.21. The Balaban J connectivity index is 2.47. The Labute approximate surface area is 170 Å². The molecule has 1 aromatic carbocycles. The van der Waals surface area contributed by atoms with Crippen molar-refractivity contribution in [1.29, 1.82) is 0 Å². The molecule has 0 fully saturated rings. The number of nitrogen functional groups attached to an aromatic ring is 1. The molecule has 1 heterocycles. The molecule has 2 aromatic rings. The van der Waals surface area contributed by atoms with Crippen LogP contribution in [0.15, 0.2) is 33.9 Å². The maximum Gasteiger partial charge on any atom is 0.330 e. The van der Waals surface area contributed by atoms with Gasteiger partial charge in [0, 0.05) is 13.1 Å². The number of unbranched alkanes of at least 4 members (excludes halogenated alkanes) is 1. The van der Waals surface area contributed by atoms with Crippen molar-refractivity contribution in [3.8, 4) is 5.75 Å². The van der Waals surface area contributed by atoms with Gasteiger partial charge in [-0.2, -0.15) is 0 Å². The third-order valence-corrected chi connectivity index (χ3v) is 4.56. The fraction of sp³-hybridized carbons (Fsp3) is 0.476. The monoisotopic (exact) mass is 402 g/mol. The summed E-state index contributed by atoms with van der Waals surface area (Å²) in [4.78, 5) is 41.7. The quantitative estimate of drug-likeness (QED) is 0.668. The number of hydrogen-bond donors (Lipinski definition) is 2. The Bertz CT molecular complexity index is 962. The standard InChI is InChI=1S/C21H30N4O4/c1-5-6-10-24-19(22)18(20(27)23-21(24)28)25(13-14(2)3)17(26)12-15-8-7-9-16(11-15)29-4/h7-9,11,14H,5-6,10,12-13,22H2,1-4H3,(H,23,27,28). The maximum absolute atomic E-state index is 13.2. The molecule has 0 atom stereocenters. The molecule has 8 nitrogen and oxygen atoms in total. The van der Waals surface area contributed by atoms with E-state index in [9.17, 15) is 14.4 Å². The average molecular weight is 402 g/mol. The zero-order valence-corrected chi connectivity index (χ0v) is 17.5. The van der Waals surface area contributed by atoms with Crippen LogP contribution in [0.25, 0.3) is 0 Å². The zero-order chi connectivity index (χ0) is 21.6. The second-order valence-electron chi connectivity index (χ2n) is 7.42. The van der Waals surface area contributed by atoms with Crippen molar-refractivity contribution >= 4 is 17.4 Å². The number of amides is 1. The molecular weight excluding hydrogens is 372 g/mol. The molecule has 29 heavy (non-hydrogen) atoms. The lowest BCUT2D eigenvalue weighted by molar-refractivity contribution is -0.118. The molecule has 8 heteroatoms. The van der Waals surface area contributed by atoms with E-state index in [1.807, 2.05) is 26.8 Å². The van der Waals surface area contributed by atoms with Gasteiger partial charge in [-0.1, -0.05) is 39.3 Å². The number of aromatic amines is 1. The highest BCUT2D eigenvalue weighted by molar-refractivity contribution is 5.96. The van der Waals surface area contributed by atoms with Crippen LogP contribution >= 0.6 is 0 Å². The Morgan fingerprint density at radius 2 is 2.03 bits per heavy atom. The van der Waals surface area contributed by atoms with Crippen LogP contribution in [-0.4, -0.2) is 29.1 Å². The van der Waals surface area contributed by atoms with Crippen LogP contribution in [0.3, 0.4) is 0 Å². The zero-order valence-electron chi connectivity index (χ0n) is 17.5. The number of benzene rings is 1. The molecule has 0 aliphatic rings. The van der Waals surface area contributed by atoms with E-state index in [0.29, 0.717) is 18.8 Å². The minimum atomic E-state index is -0.653. The van der Waals surface area contributed by atoms with Crippen molar-refractivity contribution in [3.05, 3.63) is 50.7 Å². The van der Waals surface area contributed by atoms with E-state index >= 15 is 0 Å². The van der Waals surface area contributed by atoms with Crippen LogP contribution in [0.5, 0.6) is 5.75 Å². The highest BCUT2D eigenvalue weighted by Gasteiger charge is 2.25. The fourth-order valence-electron chi connectivity index (χ4n) is 3.11. The third kappa shape index (κ3) is 5.49. The minimum absolute atomic E-state index is 0.0202.